The minimum atomic E-state index is -3.58. The molecule has 0 aromatic heterocycles. The number of carbonyl (C=O) groups is 1. The number of benzene rings is 1. The number of hydrogen-bond donors (Lipinski definition) is 0. The third kappa shape index (κ3) is 3.31. The Morgan fingerprint density at radius 1 is 1.12 bits per heavy atom. The summed E-state index contributed by atoms with van der Waals surface area (Å²) in [6, 6.07) is 4.90. The fourth-order valence-electron chi connectivity index (χ4n) is 3.29. The predicted molar refractivity (Wildman–Crippen MR) is 81.8 cm³/mol. The first-order valence-corrected chi connectivity index (χ1v) is 8.40. The summed E-state index contributed by atoms with van der Waals surface area (Å²) in [6.07, 6.45) is -0.587. The number of carbonyl (C=O) groups excluding carboxylic acids is 1. The summed E-state index contributed by atoms with van der Waals surface area (Å²) in [5.74, 6) is 0.702. The molecule has 1 saturated heterocycles. The second kappa shape index (κ2) is 5.88. The second-order valence-corrected chi connectivity index (χ2v) is 6.68. The molecule has 0 bridgehead atoms. The topological polar surface area (TPSA) is 42.0 Å². The van der Waals surface area contributed by atoms with E-state index in [-0.39, 0.29) is 17.4 Å². The standard InChI is InChI=1S/C17H20F2N2O3/c18-17(19)23-14-5-2-12(10-15(14)24-17)11-20-6-1-7-21(9-8-20)16(22)13-3-4-13/h2,5,10,13H,1,3-4,6-9,11H2. The molecule has 2 heterocycles. The summed E-state index contributed by atoms with van der Waals surface area (Å²) < 4.78 is 35.1. The van der Waals surface area contributed by atoms with Crippen LogP contribution in [0.5, 0.6) is 11.5 Å². The van der Waals surface area contributed by atoms with Gasteiger partial charge in [0.1, 0.15) is 0 Å². The molecule has 5 nitrogen and oxygen atoms in total. The summed E-state index contributed by atoms with van der Waals surface area (Å²) in [6.45, 7) is 3.87. The molecule has 2 fully saturated rings. The highest BCUT2D eigenvalue weighted by Crippen LogP contribution is 2.41. The summed E-state index contributed by atoms with van der Waals surface area (Å²) >= 11 is 0. The van der Waals surface area contributed by atoms with Gasteiger partial charge in [0.2, 0.25) is 5.91 Å². The third-order valence-electron chi connectivity index (χ3n) is 4.70. The third-order valence-corrected chi connectivity index (χ3v) is 4.70. The first-order chi connectivity index (χ1) is 11.5. The lowest BCUT2D eigenvalue weighted by Crippen LogP contribution is -2.35. The van der Waals surface area contributed by atoms with Crippen LogP contribution in [0, 0.1) is 5.92 Å². The van der Waals surface area contributed by atoms with Gasteiger partial charge in [0.25, 0.3) is 0 Å². The van der Waals surface area contributed by atoms with Gasteiger partial charge >= 0.3 is 6.29 Å². The highest BCUT2D eigenvalue weighted by atomic mass is 19.3. The molecule has 4 rings (SSSR count). The molecule has 2 aliphatic heterocycles. The zero-order chi connectivity index (χ0) is 16.7. The molecule has 3 aliphatic rings. The predicted octanol–water partition coefficient (Wildman–Crippen LogP) is 2.45. The van der Waals surface area contributed by atoms with Gasteiger partial charge in [-0.15, -0.1) is 8.78 Å². The molecule has 1 aliphatic carbocycles. The van der Waals surface area contributed by atoms with E-state index in [9.17, 15) is 13.6 Å². The number of ether oxygens (including phenoxy) is 2. The van der Waals surface area contributed by atoms with Crippen LogP contribution in [0.3, 0.4) is 0 Å². The Balaban J connectivity index is 1.37. The Labute approximate surface area is 139 Å². The van der Waals surface area contributed by atoms with Crippen LogP contribution < -0.4 is 9.47 Å². The van der Waals surface area contributed by atoms with Crippen LogP contribution in [-0.2, 0) is 11.3 Å². The van der Waals surface area contributed by atoms with Crippen LogP contribution in [0.2, 0.25) is 0 Å². The maximum absolute atomic E-state index is 13.1. The Bertz CT molecular complexity index is 649. The van der Waals surface area contributed by atoms with E-state index in [0.29, 0.717) is 12.5 Å². The summed E-state index contributed by atoms with van der Waals surface area (Å²) in [4.78, 5) is 16.4. The molecule has 0 radical (unpaired) electrons. The Morgan fingerprint density at radius 2 is 1.92 bits per heavy atom. The Kier molecular flexibility index (Phi) is 3.83. The number of amides is 1. The molecule has 24 heavy (non-hydrogen) atoms. The molecule has 1 aromatic rings. The number of halogens is 2. The van der Waals surface area contributed by atoms with Gasteiger partial charge in [0.05, 0.1) is 0 Å². The Morgan fingerprint density at radius 3 is 2.71 bits per heavy atom. The van der Waals surface area contributed by atoms with Crippen molar-refractivity contribution >= 4 is 5.91 Å². The molecule has 130 valence electrons. The van der Waals surface area contributed by atoms with E-state index < -0.39 is 6.29 Å². The van der Waals surface area contributed by atoms with Crippen molar-refractivity contribution in [3.05, 3.63) is 23.8 Å². The van der Waals surface area contributed by atoms with E-state index in [4.69, 9.17) is 0 Å². The van der Waals surface area contributed by atoms with E-state index in [0.717, 1.165) is 51.0 Å². The van der Waals surface area contributed by atoms with Crippen molar-refractivity contribution in [3.8, 4) is 11.5 Å². The van der Waals surface area contributed by atoms with Crippen molar-refractivity contribution in [2.24, 2.45) is 5.92 Å². The Hall–Kier alpha value is -1.89. The van der Waals surface area contributed by atoms with E-state index in [1.54, 1.807) is 12.1 Å². The second-order valence-electron chi connectivity index (χ2n) is 6.68. The van der Waals surface area contributed by atoms with Gasteiger partial charge in [-0.3, -0.25) is 9.69 Å². The monoisotopic (exact) mass is 338 g/mol. The molecule has 0 atom stereocenters. The van der Waals surface area contributed by atoms with E-state index >= 15 is 0 Å². The fourth-order valence-corrected chi connectivity index (χ4v) is 3.29. The highest BCUT2D eigenvalue weighted by Gasteiger charge is 2.43. The van der Waals surface area contributed by atoms with Crippen molar-refractivity contribution in [3.63, 3.8) is 0 Å². The van der Waals surface area contributed by atoms with Crippen LogP contribution in [0.15, 0.2) is 18.2 Å². The van der Waals surface area contributed by atoms with Crippen molar-refractivity contribution < 1.29 is 23.0 Å². The van der Waals surface area contributed by atoms with Crippen molar-refractivity contribution in [2.45, 2.75) is 32.1 Å². The van der Waals surface area contributed by atoms with Crippen molar-refractivity contribution in [2.75, 3.05) is 26.2 Å². The average molecular weight is 338 g/mol. The molecule has 1 saturated carbocycles. The van der Waals surface area contributed by atoms with Gasteiger partial charge in [0.15, 0.2) is 11.5 Å². The van der Waals surface area contributed by atoms with Crippen LogP contribution in [0.25, 0.3) is 0 Å². The lowest BCUT2D eigenvalue weighted by atomic mass is 10.2. The summed E-state index contributed by atoms with van der Waals surface area (Å²) in [5, 5.41) is 0. The maximum Gasteiger partial charge on any atom is 0.586 e. The van der Waals surface area contributed by atoms with Crippen LogP contribution in [0.1, 0.15) is 24.8 Å². The molecule has 7 heteroatoms. The SMILES string of the molecule is O=C(C1CC1)N1CCCN(Cc2ccc3c(c2)OC(F)(F)O3)CC1. The number of fused-ring (bicyclic) bond motifs is 1. The van der Waals surface area contributed by atoms with Crippen LogP contribution in [0.4, 0.5) is 8.78 Å². The van der Waals surface area contributed by atoms with Crippen molar-refractivity contribution in [1.82, 2.24) is 9.80 Å². The average Bonchev–Trinajstić information content (AvgIpc) is 3.33. The molecule has 0 spiro atoms. The molecular formula is C17H20F2N2O3. The zero-order valence-electron chi connectivity index (χ0n) is 13.3. The molecule has 0 N–H and O–H groups in total. The highest BCUT2D eigenvalue weighted by molar-refractivity contribution is 5.81. The summed E-state index contributed by atoms with van der Waals surface area (Å²) in [5.41, 5.74) is 0.900. The van der Waals surface area contributed by atoms with Crippen LogP contribution in [-0.4, -0.2) is 48.2 Å². The van der Waals surface area contributed by atoms with Gasteiger partial charge in [0, 0.05) is 38.6 Å². The van der Waals surface area contributed by atoms with Gasteiger partial charge in [-0.1, -0.05) is 6.07 Å². The number of hydrogen-bond acceptors (Lipinski definition) is 4. The number of rotatable bonds is 3. The fraction of sp³-hybridized carbons (Fsp3) is 0.588. The molecular weight excluding hydrogens is 318 g/mol. The number of nitrogens with zero attached hydrogens (tertiary/aromatic N) is 2. The lowest BCUT2D eigenvalue weighted by Gasteiger charge is -2.22. The van der Waals surface area contributed by atoms with Gasteiger partial charge in [-0.25, -0.2) is 0 Å². The normalized spacial score (nSPS) is 23.2. The minimum Gasteiger partial charge on any atom is -0.395 e. The molecule has 0 unspecified atom stereocenters. The van der Waals surface area contributed by atoms with E-state index in [1.807, 2.05) is 4.90 Å². The van der Waals surface area contributed by atoms with E-state index in [2.05, 4.69) is 14.4 Å². The maximum atomic E-state index is 13.1. The van der Waals surface area contributed by atoms with Gasteiger partial charge in [-0.2, -0.15) is 0 Å². The quantitative estimate of drug-likeness (QED) is 0.849. The minimum absolute atomic E-state index is 0.0702. The molecule has 1 amide bonds. The first kappa shape index (κ1) is 15.6. The first-order valence-electron chi connectivity index (χ1n) is 8.40. The zero-order valence-corrected chi connectivity index (χ0v) is 13.3. The van der Waals surface area contributed by atoms with Crippen LogP contribution >= 0.6 is 0 Å². The van der Waals surface area contributed by atoms with E-state index in [1.165, 1.54) is 6.07 Å². The smallest absolute Gasteiger partial charge is 0.395 e. The largest absolute Gasteiger partial charge is 0.586 e. The van der Waals surface area contributed by atoms with Gasteiger partial charge < -0.3 is 14.4 Å². The summed E-state index contributed by atoms with van der Waals surface area (Å²) in [7, 11) is 0. The number of alkyl halides is 2. The van der Waals surface area contributed by atoms with Gasteiger partial charge in [-0.05, 0) is 37.0 Å². The molecule has 1 aromatic carbocycles. The van der Waals surface area contributed by atoms with Crippen molar-refractivity contribution in [1.29, 1.82) is 0 Å². The lowest BCUT2D eigenvalue weighted by molar-refractivity contribution is -0.286.